The van der Waals surface area contributed by atoms with Gasteiger partial charge in [-0.25, -0.2) is 4.68 Å². The number of nitrogens with one attached hydrogen (secondary N) is 2. The van der Waals surface area contributed by atoms with Gasteiger partial charge in [0.05, 0.1) is 16.1 Å². The van der Waals surface area contributed by atoms with Crippen LogP contribution in [0.25, 0.3) is 16.3 Å². The van der Waals surface area contributed by atoms with Crippen LogP contribution in [0.15, 0.2) is 78.3 Å². The van der Waals surface area contributed by atoms with E-state index >= 15 is 0 Å². The lowest BCUT2D eigenvalue weighted by Gasteiger charge is -2.08. The summed E-state index contributed by atoms with van der Waals surface area (Å²) in [6, 6.07) is 20.8. The van der Waals surface area contributed by atoms with Gasteiger partial charge < -0.3 is 10.6 Å². The number of carbonyl (C=O) groups excluding carboxylic acids is 2. The minimum Gasteiger partial charge on any atom is -0.326 e. The van der Waals surface area contributed by atoms with Crippen molar-refractivity contribution in [2.45, 2.75) is 12.8 Å². The third-order valence-corrected chi connectivity index (χ3v) is 5.95. The van der Waals surface area contributed by atoms with Crippen molar-refractivity contribution in [3.63, 3.8) is 0 Å². The molecule has 6 nitrogen and oxygen atoms in total. The zero-order chi connectivity index (χ0) is 21.2. The van der Waals surface area contributed by atoms with E-state index in [2.05, 4.69) is 15.7 Å². The van der Waals surface area contributed by atoms with E-state index in [0.717, 1.165) is 23.4 Å². The zero-order valence-electron chi connectivity index (χ0n) is 16.6. The van der Waals surface area contributed by atoms with Gasteiger partial charge in [0.1, 0.15) is 5.69 Å². The molecule has 5 rings (SSSR count). The molecule has 7 heteroatoms. The normalized spacial score (nSPS) is 13.0. The van der Waals surface area contributed by atoms with Crippen LogP contribution in [0.1, 0.15) is 23.2 Å². The molecule has 1 aliphatic carbocycles. The van der Waals surface area contributed by atoms with Gasteiger partial charge >= 0.3 is 0 Å². The Morgan fingerprint density at radius 3 is 2.42 bits per heavy atom. The highest BCUT2D eigenvalue weighted by Crippen LogP contribution is 2.31. The van der Waals surface area contributed by atoms with Gasteiger partial charge in [-0.15, -0.1) is 11.3 Å². The van der Waals surface area contributed by atoms with Gasteiger partial charge in [-0.3, -0.25) is 9.59 Å². The summed E-state index contributed by atoms with van der Waals surface area (Å²) >= 11 is 1.54. The number of hydrogen-bond donors (Lipinski definition) is 2. The number of carbonyl (C=O) groups is 2. The number of thiophene rings is 1. The first-order chi connectivity index (χ1) is 15.2. The Morgan fingerprint density at radius 2 is 1.71 bits per heavy atom. The molecule has 4 aromatic rings. The fourth-order valence-electron chi connectivity index (χ4n) is 3.31. The Balaban J connectivity index is 1.42. The van der Waals surface area contributed by atoms with Gasteiger partial charge in [-0.1, -0.05) is 30.3 Å². The molecule has 0 aliphatic heterocycles. The summed E-state index contributed by atoms with van der Waals surface area (Å²) in [5.74, 6) is -0.0979. The number of rotatable bonds is 6. The molecule has 154 valence electrons. The maximum Gasteiger partial charge on any atom is 0.259 e. The molecule has 0 saturated heterocycles. The second kappa shape index (κ2) is 8.20. The first kappa shape index (κ1) is 19.3. The maximum absolute atomic E-state index is 13.2. The maximum atomic E-state index is 13.2. The highest BCUT2D eigenvalue weighted by molar-refractivity contribution is 7.13. The van der Waals surface area contributed by atoms with Gasteiger partial charge in [0.15, 0.2) is 0 Å². The van der Waals surface area contributed by atoms with Crippen molar-refractivity contribution in [2.75, 3.05) is 10.6 Å². The van der Waals surface area contributed by atoms with E-state index in [-0.39, 0.29) is 17.7 Å². The zero-order valence-corrected chi connectivity index (χ0v) is 17.4. The molecule has 0 radical (unpaired) electrons. The molecular formula is C24H20N4O2S. The van der Waals surface area contributed by atoms with Gasteiger partial charge in [0, 0.05) is 23.5 Å². The van der Waals surface area contributed by atoms with Crippen molar-refractivity contribution >= 4 is 34.5 Å². The molecule has 0 spiro atoms. The van der Waals surface area contributed by atoms with E-state index in [4.69, 9.17) is 0 Å². The molecule has 2 aromatic carbocycles. The quantitative estimate of drug-likeness (QED) is 0.443. The van der Waals surface area contributed by atoms with Crippen LogP contribution in [-0.2, 0) is 4.79 Å². The van der Waals surface area contributed by atoms with E-state index in [1.165, 1.54) is 11.3 Å². The molecule has 0 unspecified atom stereocenters. The molecule has 2 aromatic heterocycles. The summed E-state index contributed by atoms with van der Waals surface area (Å²) in [7, 11) is 0. The standard InChI is InChI=1S/C24H20N4O2S/c29-23(16-11-12-16)25-17-6-4-7-18(14-17)26-24(30)20-15-28(19-8-2-1-3-9-19)27-22(20)21-10-5-13-31-21/h1-10,13-16H,11-12H2,(H,25,29)(H,26,30). The van der Waals surface area contributed by atoms with Crippen LogP contribution >= 0.6 is 11.3 Å². The Labute approximate surface area is 183 Å². The number of nitrogens with zero attached hydrogens (tertiary/aromatic N) is 2. The third-order valence-electron chi connectivity index (χ3n) is 5.07. The highest BCUT2D eigenvalue weighted by Gasteiger charge is 2.29. The predicted molar refractivity (Wildman–Crippen MR) is 123 cm³/mol. The van der Waals surface area contributed by atoms with E-state index in [1.54, 1.807) is 23.0 Å². The summed E-state index contributed by atoms with van der Waals surface area (Å²) < 4.78 is 1.72. The fraction of sp³-hybridized carbons (Fsp3) is 0.125. The molecule has 31 heavy (non-hydrogen) atoms. The van der Waals surface area contributed by atoms with Crippen LogP contribution in [0, 0.1) is 5.92 Å². The first-order valence-corrected chi connectivity index (χ1v) is 11.0. The summed E-state index contributed by atoms with van der Waals surface area (Å²) in [6.45, 7) is 0. The van der Waals surface area contributed by atoms with Crippen molar-refractivity contribution in [3.05, 3.63) is 83.9 Å². The monoisotopic (exact) mass is 428 g/mol. The average molecular weight is 429 g/mol. The van der Waals surface area contributed by atoms with Crippen molar-refractivity contribution in [1.29, 1.82) is 0 Å². The number of aromatic nitrogens is 2. The SMILES string of the molecule is O=C(Nc1cccc(NC(=O)C2CC2)c1)c1cn(-c2ccccc2)nc1-c1cccs1. The second-order valence-corrected chi connectivity index (χ2v) is 8.39. The predicted octanol–water partition coefficient (Wildman–Crippen LogP) is 5.20. The Bertz CT molecular complexity index is 1230. The minimum absolute atomic E-state index is 0.0348. The third kappa shape index (κ3) is 4.27. The lowest BCUT2D eigenvalue weighted by molar-refractivity contribution is -0.117. The van der Waals surface area contributed by atoms with Crippen LogP contribution in [0.3, 0.4) is 0 Å². The van der Waals surface area contributed by atoms with Crippen LogP contribution in [0.5, 0.6) is 0 Å². The van der Waals surface area contributed by atoms with Crippen LogP contribution in [0.4, 0.5) is 11.4 Å². The summed E-state index contributed by atoms with van der Waals surface area (Å²) in [5.41, 5.74) is 3.29. The number of anilines is 2. The van der Waals surface area contributed by atoms with Gasteiger partial charge in [0.2, 0.25) is 5.91 Å². The number of amides is 2. The van der Waals surface area contributed by atoms with Gasteiger partial charge in [-0.05, 0) is 54.6 Å². The molecular weight excluding hydrogens is 408 g/mol. The smallest absolute Gasteiger partial charge is 0.259 e. The van der Waals surface area contributed by atoms with Gasteiger partial charge in [0.25, 0.3) is 5.91 Å². The fourth-order valence-corrected chi connectivity index (χ4v) is 4.03. The average Bonchev–Trinajstić information content (AvgIpc) is 3.31. The van der Waals surface area contributed by atoms with E-state index in [1.807, 2.05) is 60.0 Å². The minimum atomic E-state index is -0.253. The number of benzene rings is 2. The van der Waals surface area contributed by atoms with Crippen molar-refractivity contribution in [2.24, 2.45) is 5.92 Å². The Kier molecular flexibility index (Phi) is 5.09. The largest absolute Gasteiger partial charge is 0.326 e. The molecule has 1 fully saturated rings. The van der Waals surface area contributed by atoms with Crippen LogP contribution in [0.2, 0.25) is 0 Å². The summed E-state index contributed by atoms with van der Waals surface area (Å²) in [4.78, 5) is 26.1. The molecule has 0 bridgehead atoms. The number of hydrogen-bond acceptors (Lipinski definition) is 4. The Morgan fingerprint density at radius 1 is 0.935 bits per heavy atom. The van der Waals surface area contributed by atoms with Gasteiger partial charge in [-0.2, -0.15) is 5.10 Å². The van der Waals surface area contributed by atoms with E-state index < -0.39 is 0 Å². The first-order valence-electron chi connectivity index (χ1n) is 10.1. The van der Waals surface area contributed by atoms with E-state index in [0.29, 0.717) is 22.6 Å². The van der Waals surface area contributed by atoms with Crippen molar-refractivity contribution < 1.29 is 9.59 Å². The second-order valence-electron chi connectivity index (χ2n) is 7.45. The molecule has 1 saturated carbocycles. The lowest BCUT2D eigenvalue weighted by atomic mass is 10.2. The molecule has 2 heterocycles. The highest BCUT2D eigenvalue weighted by atomic mass is 32.1. The Hall–Kier alpha value is -3.71. The molecule has 1 aliphatic rings. The molecule has 2 N–H and O–H groups in total. The van der Waals surface area contributed by atoms with Crippen molar-refractivity contribution in [3.8, 4) is 16.3 Å². The number of para-hydroxylation sites is 1. The van der Waals surface area contributed by atoms with Crippen LogP contribution < -0.4 is 10.6 Å². The van der Waals surface area contributed by atoms with Crippen molar-refractivity contribution in [1.82, 2.24) is 9.78 Å². The summed E-state index contributed by atoms with van der Waals surface area (Å²) in [5, 5.41) is 12.5. The summed E-state index contributed by atoms with van der Waals surface area (Å²) in [6.07, 6.45) is 3.64. The molecule has 2 amide bonds. The lowest BCUT2D eigenvalue weighted by Crippen LogP contribution is -2.15. The molecule has 0 atom stereocenters. The topological polar surface area (TPSA) is 76.0 Å². The van der Waals surface area contributed by atoms with Crippen LogP contribution in [-0.4, -0.2) is 21.6 Å². The van der Waals surface area contributed by atoms with E-state index in [9.17, 15) is 9.59 Å².